The Labute approximate surface area is 119 Å². The average Bonchev–Trinajstić information content (AvgIpc) is 2.97. The first-order valence-electron chi connectivity index (χ1n) is 7.10. The van der Waals surface area contributed by atoms with Crippen molar-refractivity contribution in [3.05, 3.63) is 12.2 Å². The van der Waals surface area contributed by atoms with E-state index in [9.17, 15) is 9.59 Å². The molecule has 3 atom stereocenters. The van der Waals surface area contributed by atoms with Gasteiger partial charge in [-0.2, -0.15) is 0 Å². The molecule has 1 heterocycles. The third kappa shape index (κ3) is 3.50. The lowest BCUT2D eigenvalue weighted by Gasteiger charge is -2.28. The Bertz CT molecular complexity index is 408. The van der Waals surface area contributed by atoms with Crippen molar-refractivity contribution in [3.8, 4) is 0 Å². The molecule has 1 saturated heterocycles. The van der Waals surface area contributed by atoms with Crippen molar-refractivity contribution < 1.29 is 14.7 Å². The molecule has 6 nitrogen and oxygen atoms in total. The van der Waals surface area contributed by atoms with Crippen LogP contribution in [0.3, 0.4) is 0 Å². The molecule has 0 bridgehead atoms. The van der Waals surface area contributed by atoms with Crippen molar-refractivity contribution in [2.24, 2.45) is 5.92 Å². The highest BCUT2D eigenvalue weighted by Gasteiger charge is 2.31. The lowest BCUT2D eigenvalue weighted by molar-refractivity contribution is -0.140. The maximum atomic E-state index is 12.3. The van der Waals surface area contributed by atoms with Crippen LogP contribution in [0.4, 0.5) is 4.79 Å². The number of aliphatic carboxylic acids is 1. The number of rotatable bonds is 4. The lowest BCUT2D eigenvalue weighted by atomic mass is 10.1. The van der Waals surface area contributed by atoms with E-state index in [4.69, 9.17) is 5.11 Å². The number of urea groups is 1. The van der Waals surface area contributed by atoms with Crippen LogP contribution in [0.25, 0.3) is 0 Å². The number of nitrogens with zero attached hydrogens (tertiary/aromatic N) is 2. The molecule has 2 aliphatic rings. The van der Waals surface area contributed by atoms with Crippen LogP contribution in [-0.2, 0) is 4.79 Å². The molecule has 0 spiro atoms. The number of carbonyl (C=O) groups is 2. The quantitative estimate of drug-likeness (QED) is 0.746. The van der Waals surface area contributed by atoms with Gasteiger partial charge in [-0.25, -0.2) is 4.79 Å². The summed E-state index contributed by atoms with van der Waals surface area (Å²) >= 11 is 0. The van der Waals surface area contributed by atoms with Crippen LogP contribution in [-0.4, -0.2) is 66.2 Å². The Balaban J connectivity index is 1.86. The second-order valence-electron chi connectivity index (χ2n) is 5.87. The van der Waals surface area contributed by atoms with E-state index in [0.29, 0.717) is 6.42 Å². The van der Waals surface area contributed by atoms with Crippen molar-refractivity contribution >= 4 is 12.0 Å². The third-order valence-electron chi connectivity index (χ3n) is 3.92. The normalized spacial score (nSPS) is 29.1. The third-order valence-corrected chi connectivity index (χ3v) is 3.92. The zero-order valence-corrected chi connectivity index (χ0v) is 12.1. The van der Waals surface area contributed by atoms with Gasteiger partial charge < -0.3 is 20.2 Å². The molecule has 0 saturated carbocycles. The highest BCUT2D eigenvalue weighted by molar-refractivity contribution is 5.77. The molecule has 2 rings (SSSR count). The summed E-state index contributed by atoms with van der Waals surface area (Å²) in [4.78, 5) is 27.1. The smallest absolute Gasteiger partial charge is 0.318 e. The van der Waals surface area contributed by atoms with Crippen LogP contribution in [0.15, 0.2) is 12.2 Å². The number of nitrogens with one attached hydrogen (secondary N) is 1. The highest BCUT2D eigenvalue weighted by atomic mass is 16.4. The van der Waals surface area contributed by atoms with Gasteiger partial charge in [0.2, 0.25) is 0 Å². The first kappa shape index (κ1) is 14.8. The second-order valence-corrected chi connectivity index (χ2v) is 5.87. The van der Waals surface area contributed by atoms with Gasteiger partial charge in [0, 0.05) is 19.1 Å². The summed E-state index contributed by atoms with van der Waals surface area (Å²) < 4.78 is 0. The van der Waals surface area contributed by atoms with Crippen LogP contribution in [0.2, 0.25) is 0 Å². The summed E-state index contributed by atoms with van der Waals surface area (Å²) in [7, 11) is 4.01. The molecule has 1 aliphatic heterocycles. The minimum atomic E-state index is -0.829. The van der Waals surface area contributed by atoms with Crippen molar-refractivity contribution in [2.45, 2.75) is 31.3 Å². The van der Waals surface area contributed by atoms with Gasteiger partial charge in [-0.15, -0.1) is 0 Å². The van der Waals surface area contributed by atoms with Crippen LogP contribution in [0, 0.1) is 5.92 Å². The van der Waals surface area contributed by atoms with E-state index in [2.05, 4.69) is 10.2 Å². The van der Waals surface area contributed by atoms with E-state index in [1.54, 1.807) is 12.2 Å². The molecule has 0 aromatic heterocycles. The summed E-state index contributed by atoms with van der Waals surface area (Å²) in [6, 6.07) is 0.0184. The Morgan fingerprint density at radius 1 is 1.40 bits per heavy atom. The molecule has 1 aliphatic carbocycles. The monoisotopic (exact) mass is 281 g/mol. The predicted molar refractivity (Wildman–Crippen MR) is 75.5 cm³/mol. The summed E-state index contributed by atoms with van der Waals surface area (Å²) in [6.07, 6.45) is 5.96. The van der Waals surface area contributed by atoms with E-state index >= 15 is 0 Å². The molecule has 0 radical (unpaired) electrons. The maximum absolute atomic E-state index is 12.3. The number of hydrogen-bond donors (Lipinski definition) is 2. The number of carbonyl (C=O) groups excluding carboxylic acids is 1. The van der Waals surface area contributed by atoms with Gasteiger partial charge in [-0.3, -0.25) is 4.79 Å². The van der Waals surface area contributed by atoms with Crippen LogP contribution in [0.5, 0.6) is 0 Å². The van der Waals surface area contributed by atoms with Gasteiger partial charge >= 0.3 is 12.0 Å². The summed E-state index contributed by atoms with van der Waals surface area (Å²) in [5.41, 5.74) is 0. The number of hydrogen-bond acceptors (Lipinski definition) is 3. The number of amides is 2. The summed E-state index contributed by atoms with van der Waals surface area (Å²) in [5.74, 6) is -1.30. The molecule has 2 amide bonds. The van der Waals surface area contributed by atoms with Crippen molar-refractivity contribution in [3.63, 3.8) is 0 Å². The van der Waals surface area contributed by atoms with Crippen LogP contribution < -0.4 is 5.32 Å². The molecular formula is C14H23N3O3. The fraction of sp³-hybridized carbons (Fsp3) is 0.714. The number of carboxylic acid groups (broad SMARTS) is 1. The summed E-state index contributed by atoms with van der Waals surface area (Å²) in [6.45, 7) is 1.65. The lowest BCUT2D eigenvalue weighted by Crippen LogP contribution is -2.48. The fourth-order valence-corrected chi connectivity index (χ4v) is 2.95. The zero-order valence-electron chi connectivity index (χ0n) is 12.1. The van der Waals surface area contributed by atoms with Gasteiger partial charge in [0.1, 0.15) is 0 Å². The minimum absolute atomic E-state index is 0.0740. The molecule has 3 unspecified atom stereocenters. The minimum Gasteiger partial charge on any atom is -0.481 e. The largest absolute Gasteiger partial charge is 0.481 e. The van der Waals surface area contributed by atoms with Crippen LogP contribution in [0.1, 0.15) is 19.3 Å². The SMILES string of the molecule is CN(C)CC1CCCN1C(=O)NC1C=CC(C(=O)O)C1. The molecule has 20 heavy (non-hydrogen) atoms. The molecule has 6 heteroatoms. The van der Waals surface area contributed by atoms with Crippen LogP contribution >= 0.6 is 0 Å². The van der Waals surface area contributed by atoms with E-state index in [1.807, 2.05) is 19.0 Å². The van der Waals surface area contributed by atoms with E-state index < -0.39 is 11.9 Å². The summed E-state index contributed by atoms with van der Waals surface area (Å²) in [5, 5.41) is 11.9. The van der Waals surface area contributed by atoms with Gasteiger partial charge in [0.15, 0.2) is 0 Å². The van der Waals surface area contributed by atoms with E-state index in [-0.39, 0.29) is 18.1 Å². The van der Waals surface area contributed by atoms with Gasteiger partial charge in [0.25, 0.3) is 0 Å². The predicted octanol–water partition coefficient (Wildman–Crippen LogP) is 0.751. The standard InChI is InChI=1S/C14H23N3O3/c1-16(2)9-12-4-3-7-17(12)14(20)15-11-6-5-10(8-11)13(18)19/h5-6,10-12H,3-4,7-9H2,1-2H3,(H,15,20)(H,18,19). The van der Waals surface area contributed by atoms with Gasteiger partial charge in [0.05, 0.1) is 12.0 Å². The second kappa shape index (κ2) is 6.26. The highest BCUT2D eigenvalue weighted by Crippen LogP contribution is 2.21. The van der Waals surface area contributed by atoms with E-state index in [1.165, 1.54) is 0 Å². The fourth-order valence-electron chi connectivity index (χ4n) is 2.95. The van der Waals surface area contributed by atoms with E-state index in [0.717, 1.165) is 25.9 Å². The number of likely N-dealkylation sites (tertiary alicyclic amines) is 1. The zero-order chi connectivity index (χ0) is 14.7. The molecule has 2 N–H and O–H groups in total. The maximum Gasteiger partial charge on any atom is 0.318 e. The Kier molecular flexibility index (Phi) is 4.65. The van der Waals surface area contributed by atoms with Crippen molar-refractivity contribution in [2.75, 3.05) is 27.2 Å². The van der Waals surface area contributed by atoms with Gasteiger partial charge in [-0.05, 0) is 33.4 Å². The molecular weight excluding hydrogens is 258 g/mol. The Morgan fingerprint density at radius 2 is 2.15 bits per heavy atom. The molecule has 0 aromatic rings. The molecule has 1 fully saturated rings. The topological polar surface area (TPSA) is 72.9 Å². The molecule has 0 aromatic carbocycles. The average molecular weight is 281 g/mol. The first-order chi connectivity index (χ1) is 9.47. The van der Waals surface area contributed by atoms with Crippen molar-refractivity contribution in [1.29, 1.82) is 0 Å². The van der Waals surface area contributed by atoms with Gasteiger partial charge in [-0.1, -0.05) is 12.2 Å². The molecule has 112 valence electrons. The first-order valence-corrected chi connectivity index (χ1v) is 7.10. The Morgan fingerprint density at radius 3 is 2.75 bits per heavy atom. The number of likely N-dealkylation sites (N-methyl/N-ethyl adjacent to an activating group) is 1. The number of carboxylic acids is 1. The van der Waals surface area contributed by atoms with Crippen molar-refractivity contribution in [1.82, 2.24) is 15.1 Å². The Hall–Kier alpha value is -1.56.